The molecule has 8 nitrogen and oxygen atoms in total. The number of nitrogen functional groups attached to an aromatic ring is 1. The van der Waals surface area contributed by atoms with Crippen LogP contribution in [0.25, 0.3) is 0 Å². The van der Waals surface area contributed by atoms with Gasteiger partial charge in [-0.25, -0.2) is 0 Å². The van der Waals surface area contributed by atoms with Crippen molar-refractivity contribution in [3.63, 3.8) is 0 Å². The molecule has 0 saturated heterocycles. The van der Waals surface area contributed by atoms with Gasteiger partial charge in [0.15, 0.2) is 17.9 Å². The maximum Gasteiger partial charge on any atom is 0.224 e. The van der Waals surface area contributed by atoms with Gasteiger partial charge < -0.3 is 31.1 Å². The lowest BCUT2D eigenvalue weighted by Gasteiger charge is -2.24. The Morgan fingerprint density at radius 2 is 2.29 bits per heavy atom. The largest absolute Gasteiger partial charge is 0.393 e. The molecule has 8 heteroatoms. The summed E-state index contributed by atoms with van der Waals surface area (Å²) in [6.45, 7) is 0.543. The van der Waals surface area contributed by atoms with Crippen LogP contribution in [0.1, 0.15) is 12.8 Å². The average Bonchev–Trinajstić information content (AvgIpc) is 3.01. The van der Waals surface area contributed by atoms with Crippen molar-refractivity contribution in [2.45, 2.75) is 31.2 Å². The Morgan fingerprint density at radius 1 is 1.43 bits per heavy atom. The van der Waals surface area contributed by atoms with E-state index in [-0.39, 0.29) is 24.9 Å². The van der Waals surface area contributed by atoms with Gasteiger partial charge in [0.1, 0.15) is 11.8 Å². The molecule has 0 amide bonds. The van der Waals surface area contributed by atoms with E-state index in [1.807, 2.05) is 17.1 Å². The third-order valence-corrected chi connectivity index (χ3v) is 3.82. The molecule has 3 heterocycles. The molecule has 0 bridgehead atoms. The zero-order chi connectivity index (χ0) is 14.4. The molecule has 1 aliphatic carbocycles. The second kappa shape index (κ2) is 4.74. The molecule has 0 unspecified atom stereocenters. The van der Waals surface area contributed by atoms with Crippen LogP contribution in [0, 0.1) is 0 Å². The molecule has 4 rings (SSSR count). The number of nitrogens with one attached hydrogen (secondary N) is 2. The lowest BCUT2D eigenvalue weighted by molar-refractivity contribution is 0.0254. The Labute approximate surface area is 122 Å². The molecule has 1 fully saturated rings. The maximum atomic E-state index is 9.15. The molecule has 2 aliphatic heterocycles. The van der Waals surface area contributed by atoms with Gasteiger partial charge in [-0.2, -0.15) is 9.97 Å². The van der Waals surface area contributed by atoms with Gasteiger partial charge in [0.25, 0.3) is 0 Å². The molecular formula is C13H18N6O2. The van der Waals surface area contributed by atoms with Crippen LogP contribution in [0.15, 0.2) is 12.2 Å². The highest BCUT2D eigenvalue weighted by Gasteiger charge is 2.34. The first kappa shape index (κ1) is 12.7. The highest BCUT2D eigenvalue weighted by molar-refractivity contribution is 5.83. The Kier molecular flexibility index (Phi) is 2.86. The summed E-state index contributed by atoms with van der Waals surface area (Å²) < 4.78 is 5.73. The predicted molar refractivity (Wildman–Crippen MR) is 78.9 cm³/mol. The highest BCUT2D eigenvalue weighted by Crippen LogP contribution is 2.39. The summed E-state index contributed by atoms with van der Waals surface area (Å²) in [6.07, 6.45) is 5.59. The summed E-state index contributed by atoms with van der Waals surface area (Å²) in [5.41, 5.74) is 6.69. The topological polar surface area (TPSA) is 109 Å². The van der Waals surface area contributed by atoms with Crippen LogP contribution in [0.2, 0.25) is 0 Å². The van der Waals surface area contributed by atoms with Crippen molar-refractivity contribution in [1.82, 2.24) is 9.97 Å². The standard InChI is InChI=1S/C13H18N6O2/c14-13-17-11(16-7-1-2-7)10-12(18-13)19(6-15-10)9-4-3-8(5-20)21-9/h3-4,7-9,15,20H,1-2,5-6H2,(H3,14,16,17,18)/t8-,9+/m0/s1. The minimum absolute atomic E-state index is 0.0263. The number of aliphatic hydroxyl groups excluding tert-OH is 1. The number of aromatic nitrogens is 2. The maximum absolute atomic E-state index is 9.15. The Bertz CT molecular complexity index is 588. The molecule has 112 valence electrons. The van der Waals surface area contributed by atoms with Crippen LogP contribution in [-0.4, -0.2) is 46.7 Å². The van der Waals surface area contributed by atoms with Crippen molar-refractivity contribution in [3.8, 4) is 0 Å². The minimum Gasteiger partial charge on any atom is -0.393 e. The van der Waals surface area contributed by atoms with Gasteiger partial charge in [-0.05, 0) is 18.9 Å². The highest BCUT2D eigenvalue weighted by atomic mass is 16.5. The molecule has 3 aliphatic rings. The second-order valence-corrected chi connectivity index (χ2v) is 5.48. The molecule has 0 aromatic carbocycles. The van der Waals surface area contributed by atoms with E-state index < -0.39 is 0 Å². The number of hydrogen-bond donors (Lipinski definition) is 4. The molecule has 1 aromatic rings. The van der Waals surface area contributed by atoms with Crippen LogP contribution in [-0.2, 0) is 4.74 Å². The van der Waals surface area contributed by atoms with Gasteiger partial charge >= 0.3 is 0 Å². The van der Waals surface area contributed by atoms with Crippen molar-refractivity contribution in [1.29, 1.82) is 0 Å². The third kappa shape index (κ3) is 2.26. The van der Waals surface area contributed by atoms with E-state index in [9.17, 15) is 0 Å². The number of ether oxygens (including phenoxy) is 1. The van der Waals surface area contributed by atoms with E-state index in [4.69, 9.17) is 15.6 Å². The first-order valence-electron chi connectivity index (χ1n) is 7.14. The molecule has 21 heavy (non-hydrogen) atoms. The van der Waals surface area contributed by atoms with Gasteiger partial charge in [0.2, 0.25) is 5.95 Å². The van der Waals surface area contributed by atoms with E-state index in [2.05, 4.69) is 20.6 Å². The lowest BCUT2D eigenvalue weighted by atomic mass is 10.3. The smallest absolute Gasteiger partial charge is 0.224 e. The number of nitrogens with two attached hydrogens (primary N) is 1. The molecule has 0 spiro atoms. The van der Waals surface area contributed by atoms with E-state index in [0.29, 0.717) is 12.7 Å². The van der Waals surface area contributed by atoms with Gasteiger partial charge in [0, 0.05) is 6.04 Å². The van der Waals surface area contributed by atoms with E-state index in [0.717, 1.165) is 30.2 Å². The number of aliphatic hydroxyl groups is 1. The summed E-state index contributed by atoms with van der Waals surface area (Å²) in [5.74, 6) is 1.73. The Morgan fingerprint density at radius 3 is 3.00 bits per heavy atom. The Balaban J connectivity index is 1.62. The summed E-state index contributed by atoms with van der Waals surface area (Å²) in [6, 6.07) is 0.487. The van der Waals surface area contributed by atoms with Crippen molar-refractivity contribution in [3.05, 3.63) is 12.2 Å². The normalized spacial score (nSPS) is 26.8. The van der Waals surface area contributed by atoms with Crippen LogP contribution in [0.5, 0.6) is 0 Å². The number of hydrogen-bond acceptors (Lipinski definition) is 8. The van der Waals surface area contributed by atoms with Crippen molar-refractivity contribution < 1.29 is 9.84 Å². The van der Waals surface area contributed by atoms with E-state index in [1.54, 1.807) is 0 Å². The van der Waals surface area contributed by atoms with Crippen LogP contribution in [0.4, 0.5) is 23.3 Å². The van der Waals surface area contributed by atoms with Gasteiger partial charge in [-0.15, -0.1) is 0 Å². The molecule has 2 atom stereocenters. The van der Waals surface area contributed by atoms with E-state index >= 15 is 0 Å². The first-order valence-corrected chi connectivity index (χ1v) is 7.14. The monoisotopic (exact) mass is 290 g/mol. The fraction of sp³-hybridized carbons (Fsp3) is 0.538. The number of nitrogens with zero attached hydrogens (tertiary/aromatic N) is 3. The average molecular weight is 290 g/mol. The number of anilines is 4. The van der Waals surface area contributed by atoms with Crippen molar-refractivity contribution >= 4 is 23.3 Å². The fourth-order valence-corrected chi connectivity index (χ4v) is 2.58. The van der Waals surface area contributed by atoms with Crippen molar-refractivity contribution in [2.75, 3.05) is 34.5 Å². The second-order valence-electron chi connectivity index (χ2n) is 5.48. The molecule has 0 radical (unpaired) electrons. The molecule has 5 N–H and O–H groups in total. The molecular weight excluding hydrogens is 272 g/mol. The fourth-order valence-electron chi connectivity index (χ4n) is 2.58. The van der Waals surface area contributed by atoms with Crippen LogP contribution < -0.4 is 21.3 Å². The molecule has 1 aromatic heterocycles. The SMILES string of the molecule is Nc1nc(NC2CC2)c2c(n1)N([C@H]1C=C[C@@H](CO)O1)CN2. The lowest BCUT2D eigenvalue weighted by Crippen LogP contribution is -2.36. The summed E-state index contributed by atoms with van der Waals surface area (Å²) in [4.78, 5) is 10.6. The third-order valence-electron chi connectivity index (χ3n) is 3.82. The summed E-state index contributed by atoms with van der Waals surface area (Å²) in [7, 11) is 0. The van der Waals surface area contributed by atoms with Crippen LogP contribution >= 0.6 is 0 Å². The number of fused-ring (bicyclic) bond motifs is 1. The van der Waals surface area contributed by atoms with Crippen molar-refractivity contribution in [2.24, 2.45) is 0 Å². The van der Waals surface area contributed by atoms with E-state index in [1.165, 1.54) is 0 Å². The van der Waals surface area contributed by atoms with Gasteiger partial charge in [-0.3, -0.25) is 0 Å². The zero-order valence-electron chi connectivity index (χ0n) is 11.5. The predicted octanol–water partition coefficient (Wildman–Crippen LogP) is 0.0959. The molecule has 1 saturated carbocycles. The first-order chi connectivity index (χ1) is 10.2. The van der Waals surface area contributed by atoms with Crippen LogP contribution in [0.3, 0.4) is 0 Å². The van der Waals surface area contributed by atoms with Gasteiger partial charge in [-0.1, -0.05) is 6.08 Å². The quantitative estimate of drug-likeness (QED) is 0.578. The zero-order valence-corrected chi connectivity index (χ0v) is 11.5. The minimum atomic E-state index is -0.262. The summed E-state index contributed by atoms with van der Waals surface area (Å²) in [5, 5.41) is 15.8. The summed E-state index contributed by atoms with van der Waals surface area (Å²) >= 11 is 0. The number of rotatable bonds is 4. The van der Waals surface area contributed by atoms with Gasteiger partial charge in [0.05, 0.1) is 13.3 Å². The Hall–Kier alpha value is -2.06.